The zero-order chi connectivity index (χ0) is 16.0. The lowest BCUT2D eigenvalue weighted by Gasteiger charge is -2.42. The fourth-order valence-corrected chi connectivity index (χ4v) is 4.13. The molecule has 23 heavy (non-hydrogen) atoms. The quantitative estimate of drug-likeness (QED) is 0.865. The van der Waals surface area contributed by atoms with Gasteiger partial charge in [0.05, 0.1) is 12.1 Å². The minimum atomic E-state index is -0.940. The van der Waals surface area contributed by atoms with E-state index in [1.165, 1.54) is 0 Å². The summed E-state index contributed by atoms with van der Waals surface area (Å²) in [6.07, 6.45) is 1.91. The highest BCUT2D eigenvalue weighted by Crippen LogP contribution is 2.44. The number of fused-ring (bicyclic) bond motifs is 2. The average molecular weight is 335 g/mol. The monoisotopic (exact) mass is 334 g/mol. The Morgan fingerprint density at radius 3 is 2.96 bits per heavy atom. The summed E-state index contributed by atoms with van der Waals surface area (Å²) in [5.74, 6) is 0.532. The average Bonchev–Trinajstić information content (AvgIpc) is 2.95. The molecule has 2 fully saturated rings. The molecule has 0 radical (unpaired) electrons. The Balaban J connectivity index is 1.81. The first-order valence-corrected chi connectivity index (χ1v) is 8.45. The maximum absolute atomic E-state index is 12.9. The van der Waals surface area contributed by atoms with Gasteiger partial charge in [-0.1, -0.05) is 29.8 Å². The zero-order valence-corrected chi connectivity index (χ0v) is 13.4. The molecule has 4 atom stereocenters. The molecule has 1 aliphatic carbocycles. The van der Waals surface area contributed by atoms with Gasteiger partial charge in [-0.25, -0.2) is 4.99 Å². The van der Waals surface area contributed by atoms with E-state index in [0.717, 1.165) is 12.0 Å². The van der Waals surface area contributed by atoms with Gasteiger partial charge in [-0.3, -0.25) is 4.79 Å². The Bertz CT molecular complexity index is 678. The van der Waals surface area contributed by atoms with Crippen molar-refractivity contribution in [1.29, 1.82) is 0 Å². The van der Waals surface area contributed by atoms with E-state index in [1.54, 1.807) is 6.07 Å². The lowest BCUT2D eigenvalue weighted by molar-refractivity contribution is -0.137. The van der Waals surface area contributed by atoms with Gasteiger partial charge < -0.3 is 15.2 Å². The van der Waals surface area contributed by atoms with Gasteiger partial charge >= 0.3 is 0 Å². The van der Waals surface area contributed by atoms with Crippen LogP contribution in [0, 0.1) is 0 Å². The zero-order valence-electron chi connectivity index (χ0n) is 12.7. The van der Waals surface area contributed by atoms with Crippen LogP contribution >= 0.6 is 11.6 Å². The molecule has 1 saturated heterocycles. The van der Waals surface area contributed by atoms with Gasteiger partial charge in [0.1, 0.15) is 0 Å². The van der Waals surface area contributed by atoms with Crippen molar-refractivity contribution in [3.8, 4) is 0 Å². The Morgan fingerprint density at radius 1 is 1.39 bits per heavy atom. The molecule has 0 spiro atoms. The number of carbonyl (C=O) groups is 1. The highest BCUT2D eigenvalue weighted by Gasteiger charge is 2.52. The Labute approximate surface area is 139 Å². The first kappa shape index (κ1) is 15.1. The molecule has 5 nitrogen and oxygen atoms in total. The number of ether oxygens (including phenoxy) is 1. The van der Waals surface area contributed by atoms with E-state index in [1.807, 2.05) is 18.2 Å². The van der Waals surface area contributed by atoms with E-state index < -0.39 is 17.7 Å². The molecule has 0 amide bonds. The topological polar surface area (TPSA) is 70.9 Å². The number of ketones is 1. The molecule has 1 aromatic carbocycles. The minimum Gasteiger partial charge on any atom is -0.468 e. The number of nitrogens with one attached hydrogen (secondary N) is 1. The Morgan fingerprint density at radius 2 is 2.22 bits per heavy atom. The van der Waals surface area contributed by atoms with Crippen molar-refractivity contribution in [2.24, 2.45) is 4.99 Å². The highest BCUT2D eigenvalue weighted by molar-refractivity contribution is 6.32. The molecule has 2 N–H and O–H groups in total. The van der Waals surface area contributed by atoms with Crippen LogP contribution in [0.4, 0.5) is 0 Å². The fourth-order valence-electron chi connectivity index (χ4n) is 3.84. The number of aliphatic hydroxyl groups is 1. The van der Waals surface area contributed by atoms with Crippen LogP contribution in [-0.2, 0) is 15.1 Å². The van der Waals surface area contributed by atoms with Gasteiger partial charge in [0.2, 0.25) is 11.7 Å². The number of hydrogen-bond donors (Lipinski definition) is 2. The standard InChI is InChI=1S/C17H19ClN2O3/c18-12-5-2-1-4-11(12)17-7-3-6-14(15(17)22)23-16(20-17)13-8-10(21)9-19-13/h1-2,4-5,10,13-14,19,21H,3,6-9H2/t10?,13?,14-,17-/m1/s1. The van der Waals surface area contributed by atoms with Crippen LogP contribution in [0.1, 0.15) is 31.2 Å². The third-order valence-corrected chi connectivity index (χ3v) is 5.32. The number of benzene rings is 1. The molecule has 1 saturated carbocycles. The summed E-state index contributed by atoms with van der Waals surface area (Å²) in [5, 5.41) is 13.5. The van der Waals surface area contributed by atoms with Gasteiger partial charge in [0, 0.05) is 17.1 Å². The molecule has 4 rings (SSSR count). The van der Waals surface area contributed by atoms with Crippen molar-refractivity contribution < 1.29 is 14.6 Å². The van der Waals surface area contributed by atoms with Gasteiger partial charge in [-0.15, -0.1) is 0 Å². The largest absolute Gasteiger partial charge is 0.468 e. The molecule has 2 aliphatic heterocycles. The normalized spacial score (nSPS) is 36.5. The van der Waals surface area contributed by atoms with E-state index >= 15 is 0 Å². The van der Waals surface area contributed by atoms with Crippen molar-refractivity contribution in [2.45, 2.75) is 49.5 Å². The number of carbonyl (C=O) groups excluding carboxylic acids is 1. The van der Waals surface area contributed by atoms with Crippen LogP contribution in [0.15, 0.2) is 29.3 Å². The number of β-amino-alcohol motifs (C(OH)–C–C–N with tert-alkyl or cyclic N) is 1. The number of hydrogen-bond acceptors (Lipinski definition) is 5. The molecule has 3 aliphatic rings. The number of rotatable bonds is 2. The highest BCUT2D eigenvalue weighted by atomic mass is 35.5. The molecule has 6 heteroatoms. The second kappa shape index (κ2) is 5.58. The number of aliphatic hydroxyl groups excluding tert-OH is 1. The number of Topliss-reactive ketones (excluding diaryl/α,β-unsaturated/α-hetero) is 1. The lowest BCUT2D eigenvalue weighted by Crippen LogP contribution is -2.53. The number of aliphatic imine (C=N–C) groups is 1. The number of halogens is 1. The summed E-state index contributed by atoms with van der Waals surface area (Å²) < 4.78 is 5.87. The third-order valence-electron chi connectivity index (χ3n) is 4.99. The summed E-state index contributed by atoms with van der Waals surface area (Å²) in [6.45, 7) is 0.519. The molecular formula is C17H19ClN2O3. The predicted molar refractivity (Wildman–Crippen MR) is 86.7 cm³/mol. The maximum atomic E-state index is 12.9. The first-order chi connectivity index (χ1) is 11.1. The van der Waals surface area contributed by atoms with Crippen LogP contribution in [-0.4, -0.2) is 41.6 Å². The smallest absolute Gasteiger partial charge is 0.205 e. The van der Waals surface area contributed by atoms with Crippen molar-refractivity contribution in [3.05, 3.63) is 34.9 Å². The molecule has 122 valence electrons. The summed E-state index contributed by atoms with van der Waals surface area (Å²) in [6, 6.07) is 7.28. The van der Waals surface area contributed by atoms with Gasteiger partial charge in [0.15, 0.2) is 11.6 Å². The van der Waals surface area contributed by atoms with Gasteiger partial charge in [-0.2, -0.15) is 0 Å². The van der Waals surface area contributed by atoms with Crippen LogP contribution < -0.4 is 5.32 Å². The fraction of sp³-hybridized carbons (Fsp3) is 0.529. The molecule has 2 unspecified atom stereocenters. The van der Waals surface area contributed by atoms with Crippen LogP contribution in [0.5, 0.6) is 0 Å². The van der Waals surface area contributed by atoms with Crippen LogP contribution in [0.3, 0.4) is 0 Å². The summed E-state index contributed by atoms with van der Waals surface area (Å²) in [7, 11) is 0. The minimum absolute atomic E-state index is 0.000791. The first-order valence-electron chi connectivity index (χ1n) is 8.07. The van der Waals surface area contributed by atoms with Crippen molar-refractivity contribution in [3.63, 3.8) is 0 Å². The SMILES string of the molecule is O=C1[C@H]2CCC[C@]1(c1ccccc1Cl)N=C(C1CC(O)CN1)O2. The molecule has 0 aromatic heterocycles. The lowest BCUT2D eigenvalue weighted by atomic mass is 9.73. The van der Waals surface area contributed by atoms with E-state index in [-0.39, 0.29) is 11.8 Å². The van der Waals surface area contributed by atoms with Crippen LogP contribution in [0.25, 0.3) is 0 Å². The van der Waals surface area contributed by atoms with Gasteiger partial charge in [-0.05, 0) is 31.7 Å². The van der Waals surface area contributed by atoms with Crippen molar-refractivity contribution in [2.75, 3.05) is 6.54 Å². The summed E-state index contributed by atoms with van der Waals surface area (Å²) >= 11 is 6.38. The maximum Gasteiger partial charge on any atom is 0.205 e. The second-order valence-corrected chi connectivity index (χ2v) is 6.91. The second-order valence-electron chi connectivity index (χ2n) is 6.50. The van der Waals surface area contributed by atoms with Crippen molar-refractivity contribution >= 4 is 23.3 Å². The molecular weight excluding hydrogens is 316 g/mol. The summed E-state index contributed by atoms with van der Waals surface area (Å²) in [5.41, 5.74) is -0.180. The molecule has 1 aromatic rings. The number of nitrogens with zero attached hydrogens (tertiary/aromatic N) is 1. The predicted octanol–water partition coefficient (Wildman–Crippen LogP) is 1.81. The van der Waals surface area contributed by atoms with Crippen LogP contribution in [0.2, 0.25) is 5.02 Å². The van der Waals surface area contributed by atoms with E-state index in [9.17, 15) is 9.90 Å². The van der Waals surface area contributed by atoms with Crippen molar-refractivity contribution in [1.82, 2.24) is 5.32 Å². The molecule has 2 heterocycles. The summed E-state index contributed by atoms with van der Waals surface area (Å²) in [4.78, 5) is 17.7. The Hall–Kier alpha value is -1.43. The van der Waals surface area contributed by atoms with E-state index in [0.29, 0.717) is 36.7 Å². The third kappa shape index (κ3) is 2.38. The van der Waals surface area contributed by atoms with Gasteiger partial charge in [0.25, 0.3) is 0 Å². The Kier molecular flexibility index (Phi) is 3.67. The van der Waals surface area contributed by atoms with E-state index in [4.69, 9.17) is 21.3 Å². The van der Waals surface area contributed by atoms with E-state index in [2.05, 4.69) is 5.32 Å². The molecule has 2 bridgehead atoms.